The van der Waals surface area contributed by atoms with E-state index in [1.807, 2.05) is 6.92 Å². The second-order valence-corrected chi connectivity index (χ2v) is 11.3. The molecule has 1 amide bonds. The van der Waals surface area contributed by atoms with Gasteiger partial charge in [-0.1, -0.05) is 54.8 Å². The molecule has 1 heterocycles. The van der Waals surface area contributed by atoms with Crippen LogP contribution < -0.4 is 4.80 Å². The third-order valence-corrected chi connectivity index (χ3v) is 9.13. The van der Waals surface area contributed by atoms with Gasteiger partial charge in [-0.05, 0) is 42.8 Å². The number of nitrogens with zero attached hydrogens (tertiary/aromatic N) is 3. The average Bonchev–Trinajstić information content (AvgIpc) is 3.18. The molecule has 188 valence electrons. The number of hydrogen-bond acceptors (Lipinski definition) is 6. The van der Waals surface area contributed by atoms with Gasteiger partial charge in [0.2, 0.25) is 10.0 Å². The zero-order valence-corrected chi connectivity index (χ0v) is 22.6. The number of sulfonamides is 1. The summed E-state index contributed by atoms with van der Waals surface area (Å²) in [6.45, 7) is 4.36. The monoisotopic (exact) mass is 557 g/mol. The van der Waals surface area contributed by atoms with Crippen LogP contribution in [-0.2, 0) is 26.1 Å². The second kappa shape index (κ2) is 11.7. The molecule has 0 saturated carbocycles. The number of carbonyl (C=O) groups is 2. The number of hydrogen-bond donors (Lipinski definition) is 0. The van der Waals surface area contributed by atoms with E-state index in [-0.39, 0.29) is 26.8 Å². The molecule has 0 radical (unpaired) electrons. The molecule has 0 aliphatic heterocycles. The van der Waals surface area contributed by atoms with Gasteiger partial charge >= 0.3 is 5.97 Å². The first kappa shape index (κ1) is 27.3. The number of amides is 1. The summed E-state index contributed by atoms with van der Waals surface area (Å²) in [6.07, 6.45) is 1.64. The highest BCUT2D eigenvalue weighted by Gasteiger charge is 2.23. The van der Waals surface area contributed by atoms with Crippen LogP contribution in [0.2, 0.25) is 10.0 Å². The highest BCUT2D eigenvalue weighted by atomic mass is 35.5. The van der Waals surface area contributed by atoms with Crippen LogP contribution in [-0.4, -0.2) is 49.4 Å². The quantitative estimate of drug-likeness (QED) is 0.354. The molecule has 0 atom stereocenters. The van der Waals surface area contributed by atoms with Crippen LogP contribution in [0.4, 0.5) is 0 Å². The molecule has 1 aromatic heterocycles. The fourth-order valence-electron chi connectivity index (χ4n) is 3.38. The van der Waals surface area contributed by atoms with Crippen LogP contribution in [0.15, 0.2) is 46.3 Å². The van der Waals surface area contributed by atoms with Gasteiger partial charge < -0.3 is 9.30 Å². The van der Waals surface area contributed by atoms with Crippen LogP contribution in [0.5, 0.6) is 0 Å². The number of unbranched alkanes of at least 4 members (excludes halogenated alkanes) is 1. The SMILES string of the molecule is CCCCN(CC)S(=O)(=O)c1ccc(C(=O)N=c2sc3ccc(Cl)c(Cl)c3n2CC(=O)OC)cc1. The Morgan fingerprint density at radius 1 is 1.11 bits per heavy atom. The Hall–Kier alpha value is -2.24. The van der Waals surface area contributed by atoms with Gasteiger partial charge in [0.25, 0.3) is 5.91 Å². The van der Waals surface area contributed by atoms with Crippen molar-refractivity contribution in [2.45, 2.75) is 38.1 Å². The lowest BCUT2D eigenvalue weighted by molar-refractivity contribution is -0.141. The predicted molar refractivity (Wildman–Crippen MR) is 138 cm³/mol. The van der Waals surface area contributed by atoms with Crippen molar-refractivity contribution in [1.29, 1.82) is 0 Å². The third kappa shape index (κ3) is 5.95. The minimum Gasteiger partial charge on any atom is -0.468 e. The van der Waals surface area contributed by atoms with Crippen molar-refractivity contribution in [3.8, 4) is 0 Å². The predicted octanol–water partition coefficient (Wildman–Crippen LogP) is 4.73. The lowest BCUT2D eigenvalue weighted by Crippen LogP contribution is -2.31. The summed E-state index contributed by atoms with van der Waals surface area (Å²) in [5.74, 6) is -1.15. The van der Waals surface area contributed by atoms with Gasteiger partial charge in [0.15, 0.2) is 4.80 Å². The summed E-state index contributed by atoms with van der Waals surface area (Å²) < 4.78 is 34.2. The molecule has 0 spiro atoms. The number of carbonyl (C=O) groups excluding carboxylic acids is 2. The topological polar surface area (TPSA) is 98.0 Å². The number of aromatic nitrogens is 1. The molecule has 2 aromatic carbocycles. The number of methoxy groups -OCH3 is 1. The number of halogens is 2. The molecular weight excluding hydrogens is 533 g/mol. The van der Waals surface area contributed by atoms with Crippen LogP contribution in [0.1, 0.15) is 37.0 Å². The minimum atomic E-state index is -3.66. The van der Waals surface area contributed by atoms with E-state index < -0.39 is 21.9 Å². The van der Waals surface area contributed by atoms with E-state index >= 15 is 0 Å². The number of fused-ring (bicyclic) bond motifs is 1. The van der Waals surface area contributed by atoms with Crippen LogP contribution in [0, 0.1) is 0 Å². The van der Waals surface area contributed by atoms with Gasteiger partial charge in [-0.25, -0.2) is 8.42 Å². The maximum Gasteiger partial charge on any atom is 0.325 e. The number of esters is 1. The Morgan fingerprint density at radius 2 is 1.80 bits per heavy atom. The summed E-state index contributed by atoms with van der Waals surface area (Å²) in [5, 5.41) is 0.529. The summed E-state index contributed by atoms with van der Waals surface area (Å²) in [6, 6.07) is 9.00. The van der Waals surface area contributed by atoms with Crippen molar-refractivity contribution >= 4 is 66.7 Å². The van der Waals surface area contributed by atoms with E-state index in [4.69, 9.17) is 27.9 Å². The lowest BCUT2D eigenvalue weighted by atomic mass is 10.2. The zero-order chi connectivity index (χ0) is 25.8. The van der Waals surface area contributed by atoms with Gasteiger partial charge in [-0.3, -0.25) is 9.59 Å². The van der Waals surface area contributed by atoms with E-state index in [0.717, 1.165) is 12.8 Å². The normalized spacial score (nSPS) is 12.5. The first-order valence-corrected chi connectivity index (χ1v) is 13.9. The van der Waals surface area contributed by atoms with E-state index in [0.29, 0.717) is 28.3 Å². The lowest BCUT2D eigenvalue weighted by Gasteiger charge is -2.20. The molecule has 35 heavy (non-hydrogen) atoms. The molecule has 0 unspecified atom stereocenters. The summed E-state index contributed by atoms with van der Waals surface area (Å²) >= 11 is 13.7. The standard InChI is InChI=1S/C23H25Cl2N3O5S2/c1-4-6-13-27(5-2)35(31,32)16-9-7-15(8-10-16)22(30)26-23-28(14-19(29)33-3)21-18(34-23)12-11-17(24)20(21)25/h7-12H,4-6,13-14H2,1-3H3. The third-order valence-electron chi connectivity index (χ3n) is 5.30. The molecule has 0 bridgehead atoms. The van der Waals surface area contributed by atoms with Crippen molar-refractivity contribution in [3.05, 3.63) is 56.8 Å². The van der Waals surface area contributed by atoms with Crippen molar-refractivity contribution in [2.24, 2.45) is 4.99 Å². The molecule has 0 N–H and O–H groups in total. The second-order valence-electron chi connectivity index (χ2n) is 7.55. The van der Waals surface area contributed by atoms with Gasteiger partial charge in [-0.15, -0.1) is 0 Å². The number of ether oxygens (including phenoxy) is 1. The summed E-state index contributed by atoms with van der Waals surface area (Å²) in [5.41, 5.74) is 0.668. The van der Waals surface area contributed by atoms with Crippen LogP contribution in [0.3, 0.4) is 0 Å². The maximum atomic E-state index is 12.9. The number of rotatable bonds is 9. The van der Waals surface area contributed by atoms with Gasteiger partial charge in [0.05, 0.1) is 32.3 Å². The first-order valence-electron chi connectivity index (χ1n) is 10.9. The van der Waals surface area contributed by atoms with E-state index in [9.17, 15) is 18.0 Å². The van der Waals surface area contributed by atoms with Crippen LogP contribution in [0.25, 0.3) is 10.2 Å². The zero-order valence-electron chi connectivity index (χ0n) is 19.5. The largest absolute Gasteiger partial charge is 0.468 e. The molecule has 0 aliphatic carbocycles. The van der Waals surface area contributed by atoms with E-state index in [1.165, 1.54) is 51.6 Å². The molecule has 8 nitrogen and oxygen atoms in total. The highest BCUT2D eigenvalue weighted by molar-refractivity contribution is 7.89. The molecule has 0 aliphatic rings. The number of benzene rings is 2. The molecule has 3 aromatic rings. The van der Waals surface area contributed by atoms with Crippen molar-refractivity contribution < 1.29 is 22.7 Å². The van der Waals surface area contributed by atoms with E-state index in [2.05, 4.69) is 4.99 Å². The Kier molecular flexibility index (Phi) is 9.11. The fraction of sp³-hybridized carbons (Fsp3) is 0.348. The molecular formula is C23H25Cl2N3O5S2. The van der Waals surface area contributed by atoms with E-state index in [1.54, 1.807) is 19.1 Å². The minimum absolute atomic E-state index is 0.107. The Morgan fingerprint density at radius 3 is 2.40 bits per heavy atom. The number of thiazole rings is 1. The van der Waals surface area contributed by atoms with Gasteiger partial charge in [0, 0.05) is 18.7 Å². The van der Waals surface area contributed by atoms with Gasteiger partial charge in [-0.2, -0.15) is 9.30 Å². The Balaban J connectivity index is 2.00. The Labute approximate surface area is 217 Å². The molecule has 0 saturated heterocycles. The van der Waals surface area contributed by atoms with Crippen molar-refractivity contribution in [3.63, 3.8) is 0 Å². The molecule has 3 rings (SSSR count). The smallest absolute Gasteiger partial charge is 0.325 e. The molecule has 0 fully saturated rings. The first-order chi connectivity index (χ1) is 16.6. The fourth-order valence-corrected chi connectivity index (χ4v) is 6.38. The summed E-state index contributed by atoms with van der Waals surface area (Å²) in [4.78, 5) is 29.5. The summed E-state index contributed by atoms with van der Waals surface area (Å²) in [7, 11) is -2.41. The van der Waals surface area contributed by atoms with Crippen molar-refractivity contribution in [1.82, 2.24) is 8.87 Å². The van der Waals surface area contributed by atoms with Crippen LogP contribution >= 0.6 is 34.5 Å². The average molecular weight is 559 g/mol. The van der Waals surface area contributed by atoms with Gasteiger partial charge in [0.1, 0.15) is 6.54 Å². The molecule has 12 heteroatoms. The van der Waals surface area contributed by atoms with Crippen molar-refractivity contribution in [2.75, 3.05) is 20.2 Å². The Bertz CT molecular complexity index is 1410. The maximum absolute atomic E-state index is 12.9. The highest BCUT2D eigenvalue weighted by Crippen LogP contribution is 2.32.